The van der Waals surface area contributed by atoms with Crippen molar-refractivity contribution < 1.29 is 4.79 Å². The van der Waals surface area contributed by atoms with Crippen molar-refractivity contribution in [2.24, 2.45) is 12.5 Å². The van der Waals surface area contributed by atoms with Gasteiger partial charge in [0.25, 0.3) is 5.91 Å². The van der Waals surface area contributed by atoms with E-state index >= 15 is 0 Å². The zero-order valence-corrected chi connectivity index (χ0v) is 12.8. The Kier molecular flexibility index (Phi) is 4.70. The lowest BCUT2D eigenvalue weighted by Crippen LogP contribution is -2.47. The van der Waals surface area contributed by atoms with Gasteiger partial charge in [-0.3, -0.25) is 9.48 Å². The molecule has 0 saturated carbocycles. The summed E-state index contributed by atoms with van der Waals surface area (Å²) < 4.78 is 1.69. The molecule has 6 heteroatoms. The van der Waals surface area contributed by atoms with Crippen molar-refractivity contribution >= 4 is 18.3 Å². The zero-order chi connectivity index (χ0) is 13.3. The number of aryl methyl sites for hydroxylation is 1. The number of amides is 1. The Morgan fingerprint density at radius 2 is 1.90 bits per heavy atom. The number of hydrogen-bond donors (Lipinski definition) is 1. The molecule has 0 unspecified atom stereocenters. The summed E-state index contributed by atoms with van der Waals surface area (Å²) in [5, 5.41) is 7.50. The van der Waals surface area contributed by atoms with E-state index in [1.807, 2.05) is 11.9 Å². The highest BCUT2D eigenvalue weighted by Gasteiger charge is 2.36. The monoisotopic (exact) mass is 298 g/mol. The van der Waals surface area contributed by atoms with Gasteiger partial charge in [0.1, 0.15) is 0 Å². The normalized spacial score (nSPS) is 21.6. The molecule has 0 atom stereocenters. The van der Waals surface area contributed by atoms with Crippen LogP contribution in [0.25, 0.3) is 0 Å². The number of likely N-dealkylation sites (tertiary alicyclic amines) is 1. The van der Waals surface area contributed by atoms with Crippen molar-refractivity contribution in [1.82, 2.24) is 20.0 Å². The fourth-order valence-corrected chi connectivity index (χ4v) is 3.36. The first-order chi connectivity index (χ1) is 9.19. The Hall–Kier alpha value is -1.07. The first-order valence-corrected chi connectivity index (χ1v) is 7.17. The van der Waals surface area contributed by atoms with Gasteiger partial charge < -0.3 is 10.2 Å². The highest BCUT2D eigenvalue weighted by molar-refractivity contribution is 5.93. The molecule has 1 N–H and O–H groups in total. The Morgan fingerprint density at radius 1 is 1.25 bits per heavy atom. The van der Waals surface area contributed by atoms with Gasteiger partial charge in [0.2, 0.25) is 0 Å². The highest BCUT2D eigenvalue weighted by atomic mass is 35.5. The molecular formula is C14H23ClN4O. The van der Waals surface area contributed by atoms with Gasteiger partial charge in [-0.2, -0.15) is 5.10 Å². The lowest BCUT2D eigenvalue weighted by atomic mass is 9.71. The van der Waals surface area contributed by atoms with Crippen LogP contribution in [0.3, 0.4) is 0 Å². The predicted molar refractivity (Wildman–Crippen MR) is 80.1 cm³/mol. The second kappa shape index (κ2) is 6.14. The topological polar surface area (TPSA) is 50.2 Å². The Bertz CT molecular complexity index is 457. The number of nitrogens with zero attached hydrogens (tertiary/aromatic N) is 3. The molecule has 2 aliphatic heterocycles. The molecule has 112 valence electrons. The molecule has 0 bridgehead atoms. The van der Waals surface area contributed by atoms with Crippen LogP contribution in [0.15, 0.2) is 12.4 Å². The van der Waals surface area contributed by atoms with Gasteiger partial charge in [0.15, 0.2) is 0 Å². The molecule has 3 rings (SSSR count). The molecule has 1 amide bonds. The van der Waals surface area contributed by atoms with Crippen LogP contribution in [-0.2, 0) is 7.05 Å². The summed E-state index contributed by atoms with van der Waals surface area (Å²) in [4.78, 5) is 14.3. The van der Waals surface area contributed by atoms with Crippen molar-refractivity contribution in [1.29, 1.82) is 0 Å². The average molecular weight is 299 g/mol. The van der Waals surface area contributed by atoms with Gasteiger partial charge in [0, 0.05) is 26.3 Å². The van der Waals surface area contributed by atoms with Crippen LogP contribution in [-0.4, -0.2) is 46.8 Å². The summed E-state index contributed by atoms with van der Waals surface area (Å²) in [5.41, 5.74) is 1.21. The van der Waals surface area contributed by atoms with Crippen LogP contribution in [0, 0.1) is 5.41 Å². The fourth-order valence-electron chi connectivity index (χ4n) is 3.36. The van der Waals surface area contributed by atoms with Crippen LogP contribution in [0.1, 0.15) is 36.0 Å². The van der Waals surface area contributed by atoms with Gasteiger partial charge in [-0.1, -0.05) is 0 Å². The molecule has 0 aliphatic carbocycles. The lowest BCUT2D eigenvalue weighted by molar-refractivity contribution is 0.0495. The van der Waals surface area contributed by atoms with Crippen LogP contribution in [0.5, 0.6) is 0 Å². The minimum atomic E-state index is 0. The lowest BCUT2D eigenvalue weighted by Gasteiger charge is -2.44. The fraction of sp³-hybridized carbons (Fsp3) is 0.714. The molecule has 3 heterocycles. The van der Waals surface area contributed by atoms with E-state index in [9.17, 15) is 4.79 Å². The number of halogens is 1. The summed E-state index contributed by atoms with van der Waals surface area (Å²) >= 11 is 0. The predicted octanol–water partition coefficient (Wildman–Crippen LogP) is 1.45. The third-order valence-corrected chi connectivity index (χ3v) is 4.73. The maximum absolute atomic E-state index is 12.3. The minimum Gasteiger partial charge on any atom is -0.339 e. The van der Waals surface area contributed by atoms with Crippen LogP contribution >= 0.6 is 12.4 Å². The molecule has 2 aliphatic rings. The SMILES string of the molecule is Cl.Cn1cc(C(=O)N2CCC3(CCNCC3)CC2)cn1. The average Bonchev–Trinajstić information content (AvgIpc) is 2.87. The van der Waals surface area contributed by atoms with Crippen molar-refractivity contribution in [3.8, 4) is 0 Å². The molecule has 1 aromatic rings. The Balaban J connectivity index is 0.00000147. The highest BCUT2D eigenvalue weighted by Crippen LogP contribution is 2.39. The second-order valence-corrected chi connectivity index (χ2v) is 5.94. The van der Waals surface area contributed by atoms with E-state index in [2.05, 4.69) is 10.4 Å². The van der Waals surface area contributed by atoms with Gasteiger partial charge in [0.05, 0.1) is 11.8 Å². The second-order valence-electron chi connectivity index (χ2n) is 5.94. The Morgan fingerprint density at radius 3 is 2.45 bits per heavy atom. The first kappa shape index (κ1) is 15.3. The summed E-state index contributed by atoms with van der Waals surface area (Å²) in [6.45, 7) is 4.06. The van der Waals surface area contributed by atoms with Crippen molar-refractivity contribution in [3.05, 3.63) is 18.0 Å². The number of carbonyl (C=O) groups excluding carboxylic acids is 1. The van der Waals surface area contributed by atoms with Crippen molar-refractivity contribution in [3.63, 3.8) is 0 Å². The first-order valence-electron chi connectivity index (χ1n) is 7.17. The number of carbonyl (C=O) groups is 1. The number of piperidine rings is 2. The van der Waals surface area contributed by atoms with E-state index < -0.39 is 0 Å². The third-order valence-electron chi connectivity index (χ3n) is 4.73. The number of aromatic nitrogens is 2. The van der Waals surface area contributed by atoms with E-state index in [0.29, 0.717) is 11.0 Å². The van der Waals surface area contributed by atoms with Crippen molar-refractivity contribution in [2.45, 2.75) is 25.7 Å². The van der Waals surface area contributed by atoms with Gasteiger partial charge in [-0.25, -0.2) is 0 Å². The third kappa shape index (κ3) is 2.99. The Labute approximate surface area is 126 Å². The molecule has 1 spiro atoms. The van der Waals surface area contributed by atoms with Gasteiger partial charge in [-0.05, 0) is 44.2 Å². The van der Waals surface area contributed by atoms with Gasteiger partial charge in [-0.15, -0.1) is 12.4 Å². The molecule has 5 nitrogen and oxygen atoms in total. The van der Waals surface area contributed by atoms with Crippen LogP contribution in [0.2, 0.25) is 0 Å². The van der Waals surface area contributed by atoms with E-state index in [-0.39, 0.29) is 18.3 Å². The molecule has 2 saturated heterocycles. The van der Waals surface area contributed by atoms with E-state index in [4.69, 9.17) is 0 Å². The molecule has 2 fully saturated rings. The number of hydrogen-bond acceptors (Lipinski definition) is 3. The molecular weight excluding hydrogens is 276 g/mol. The zero-order valence-electron chi connectivity index (χ0n) is 12.0. The van der Waals surface area contributed by atoms with E-state index in [0.717, 1.165) is 39.0 Å². The minimum absolute atomic E-state index is 0. The van der Waals surface area contributed by atoms with Crippen molar-refractivity contribution in [2.75, 3.05) is 26.2 Å². The quantitative estimate of drug-likeness (QED) is 0.854. The van der Waals surface area contributed by atoms with Gasteiger partial charge >= 0.3 is 0 Å². The summed E-state index contributed by atoms with van der Waals surface area (Å²) in [5.74, 6) is 0.136. The maximum Gasteiger partial charge on any atom is 0.257 e. The van der Waals surface area contributed by atoms with E-state index in [1.54, 1.807) is 17.1 Å². The summed E-state index contributed by atoms with van der Waals surface area (Å²) in [7, 11) is 1.84. The number of nitrogens with one attached hydrogen (secondary N) is 1. The smallest absolute Gasteiger partial charge is 0.257 e. The summed E-state index contributed by atoms with van der Waals surface area (Å²) in [6, 6.07) is 0. The van der Waals surface area contributed by atoms with Crippen LogP contribution < -0.4 is 5.32 Å². The summed E-state index contributed by atoms with van der Waals surface area (Å²) in [6.07, 6.45) is 8.31. The maximum atomic E-state index is 12.3. The standard InChI is InChI=1S/C14H22N4O.ClH/c1-17-11-12(10-16-17)13(19)18-8-4-14(5-9-18)2-6-15-7-3-14;/h10-11,15H,2-9H2,1H3;1H. The van der Waals surface area contributed by atoms with E-state index in [1.165, 1.54) is 12.8 Å². The molecule has 1 aromatic heterocycles. The largest absolute Gasteiger partial charge is 0.339 e. The number of rotatable bonds is 1. The molecule has 0 aromatic carbocycles. The molecule has 20 heavy (non-hydrogen) atoms. The molecule has 0 radical (unpaired) electrons. The van der Waals surface area contributed by atoms with Crippen LogP contribution in [0.4, 0.5) is 0 Å².